The number of carboxylic acids is 1. The third-order valence-electron chi connectivity index (χ3n) is 3.57. The van der Waals surface area contributed by atoms with E-state index >= 15 is 0 Å². The lowest BCUT2D eigenvalue weighted by molar-refractivity contribution is -0.143. The average molecular weight is 264 g/mol. The van der Waals surface area contributed by atoms with Crippen LogP contribution in [0.5, 0.6) is 5.75 Å². The highest BCUT2D eigenvalue weighted by Crippen LogP contribution is 2.32. The van der Waals surface area contributed by atoms with Gasteiger partial charge in [0.1, 0.15) is 17.4 Å². The number of ether oxygens (including phenoxy) is 1. The van der Waals surface area contributed by atoms with Crippen molar-refractivity contribution in [1.82, 2.24) is 0 Å². The van der Waals surface area contributed by atoms with Gasteiger partial charge in [0, 0.05) is 32.3 Å². The van der Waals surface area contributed by atoms with Crippen molar-refractivity contribution < 1.29 is 14.6 Å². The summed E-state index contributed by atoms with van der Waals surface area (Å²) in [6.07, 6.45) is 1.36. The first-order valence-corrected chi connectivity index (χ1v) is 6.37. The molecular weight excluding hydrogens is 244 g/mol. The molecule has 2 atom stereocenters. The van der Waals surface area contributed by atoms with E-state index in [2.05, 4.69) is 0 Å². The molecule has 2 unspecified atom stereocenters. The van der Waals surface area contributed by atoms with E-state index in [9.17, 15) is 4.79 Å². The van der Waals surface area contributed by atoms with Crippen LogP contribution < -0.4 is 15.4 Å². The van der Waals surface area contributed by atoms with Crippen LogP contribution in [0.3, 0.4) is 0 Å². The van der Waals surface area contributed by atoms with Crippen LogP contribution in [0.25, 0.3) is 0 Å². The molecule has 0 saturated heterocycles. The number of carbonyl (C=O) groups is 1. The van der Waals surface area contributed by atoms with E-state index < -0.39 is 11.5 Å². The van der Waals surface area contributed by atoms with Crippen molar-refractivity contribution in [2.75, 3.05) is 19.0 Å². The number of benzene rings is 1. The second-order valence-corrected chi connectivity index (χ2v) is 5.34. The number of anilines is 1. The summed E-state index contributed by atoms with van der Waals surface area (Å²) in [4.78, 5) is 13.1. The standard InChI is InChI=1S/C14H20N2O3/c1-16(2)10-4-3-5-11(8-10)19-12-6-7-14(15,9-12)13(17)18/h3-5,8,12H,6-7,9,15H2,1-2H3,(H,17,18). The number of rotatable bonds is 4. The quantitative estimate of drug-likeness (QED) is 0.861. The maximum absolute atomic E-state index is 11.1. The Morgan fingerprint density at radius 1 is 1.53 bits per heavy atom. The Bertz CT molecular complexity index is 476. The van der Waals surface area contributed by atoms with Gasteiger partial charge < -0.3 is 20.5 Å². The first kappa shape index (κ1) is 13.7. The van der Waals surface area contributed by atoms with E-state index in [1.165, 1.54) is 0 Å². The zero-order valence-electron chi connectivity index (χ0n) is 11.3. The molecule has 0 bridgehead atoms. The fourth-order valence-corrected chi connectivity index (χ4v) is 2.35. The third kappa shape index (κ3) is 2.98. The fraction of sp³-hybridized carbons (Fsp3) is 0.500. The van der Waals surface area contributed by atoms with Crippen molar-refractivity contribution in [3.05, 3.63) is 24.3 Å². The number of nitrogens with two attached hydrogens (primary N) is 1. The number of nitrogens with zero attached hydrogens (tertiary/aromatic N) is 1. The minimum atomic E-state index is -1.14. The zero-order chi connectivity index (χ0) is 14.0. The molecule has 1 aromatic carbocycles. The number of aliphatic carboxylic acids is 1. The van der Waals surface area contributed by atoms with Gasteiger partial charge in [0.2, 0.25) is 0 Å². The molecule has 0 aromatic heterocycles. The second-order valence-electron chi connectivity index (χ2n) is 5.34. The summed E-state index contributed by atoms with van der Waals surface area (Å²) in [5, 5.41) is 9.09. The van der Waals surface area contributed by atoms with Gasteiger partial charge in [-0.1, -0.05) is 6.07 Å². The van der Waals surface area contributed by atoms with E-state index in [-0.39, 0.29) is 6.10 Å². The van der Waals surface area contributed by atoms with Crippen molar-refractivity contribution >= 4 is 11.7 Å². The van der Waals surface area contributed by atoms with E-state index in [4.69, 9.17) is 15.6 Å². The van der Waals surface area contributed by atoms with Crippen LogP contribution in [0.4, 0.5) is 5.69 Å². The van der Waals surface area contributed by atoms with Gasteiger partial charge in [-0.25, -0.2) is 0 Å². The SMILES string of the molecule is CN(C)c1cccc(OC2CCC(N)(C(=O)O)C2)c1. The molecule has 0 aliphatic heterocycles. The monoisotopic (exact) mass is 264 g/mol. The van der Waals surface area contributed by atoms with E-state index in [0.29, 0.717) is 19.3 Å². The molecule has 5 nitrogen and oxygen atoms in total. The maximum atomic E-state index is 11.1. The van der Waals surface area contributed by atoms with E-state index in [1.54, 1.807) is 0 Å². The molecule has 5 heteroatoms. The van der Waals surface area contributed by atoms with E-state index in [1.807, 2.05) is 43.3 Å². The maximum Gasteiger partial charge on any atom is 0.323 e. The minimum absolute atomic E-state index is 0.126. The molecule has 1 aliphatic rings. The molecule has 1 aromatic rings. The smallest absolute Gasteiger partial charge is 0.323 e. The molecule has 2 rings (SSSR count). The van der Waals surface area contributed by atoms with Gasteiger partial charge in [0.25, 0.3) is 0 Å². The first-order valence-electron chi connectivity index (χ1n) is 6.37. The lowest BCUT2D eigenvalue weighted by Crippen LogP contribution is -2.46. The molecule has 104 valence electrons. The Balaban J connectivity index is 2.03. The van der Waals surface area contributed by atoms with Crippen LogP contribution in [0.15, 0.2) is 24.3 Å². The highest BCUT2D eigenvalue weighted by atomic mass is 16.5. The Hall–Kier alpha value is -1.75. The summed E-state index contributed by atoms with van der Waals surface area (Å²) in [6, 6.07) is 7.74. The van der Waals surface area contributed by atoms with Crippen molar-refractivity contribution in [1.29, 1.82) is 0 Å². The van der Waals surface area contributed by atoms with Gasteiger partial charge in [-0.2, -0.15) is 0 Å². The molecule has 0 spiro atoms. The van der Waals surface area contributed by atoms with Gasteiger partial charge in [0.05, 0.1) is 0 Å². The molecular formula is C14H20N2O3. The summed E-state index contributed by atoms with van der Waals surface area (Å²) in [7, 11) is 3.92. The summed E-state index contributed by atoms with van der Waals surface area (Å²) < 4.78 is 5.84. The van der Waals surface area contributed by atoms with Gasteiger partial charge in [-0.05, 0) is 25.0 Å². The van der Waals surface area contributed by atoms with E-state index in [0.717, 1.165) is 11.4 Å². The number of carboxylic acid groups (broad SMARTS) is 1. The van der Waals surface area contributed by atoms with Crippen LogP contribution >= 0.6 is 0 Å². The van der Waals surface area contributed by atoms with Crippen molar-refractivity contribution in [3.8, 4) is 5.75 Å². The molecule has 0 heterocycles. The van der Waals surface area contributed by atoms with Crippen molar-refractivity contribution in [2.24, 2.45) is 5.73 Å². The van der Waals surface area contributed by atoms with Crippen LogP contribution in [0.1, 0.15) is 19.3 Å². The number of hydrogen-bond acceptors (Lipinski definition) is 4. The van der Waals surface area contributed by atoms with Crippen LogP contribution in [-0.2, 0) is 4.79 Å². The molecule has 1 aliphatic carbocycles. The first-order chi connectivity index (χ1) is 8.90. The average Bonchev–Trinajstić information content (AvgIpc) is 2.72. The van der Waals surface area contributed by atoms with Crippen molar-refractivity contribution in [2.45, 2.75) is 30.9 Å². The second kappa shape index (κ2) is 5.09. The molecule has 0 amide bonds. The van der Waals surface area contributed by atoms with Gasteiger partial charge >= 0.3 is 5.97 Å². The van der Waals surface area contributed by atoms with Crippen LogP contribution in [-0.4, -0.2) is 36.8 Å². The van der Waals surface area contributed by atoms with Gasteiger partial charge in [-0.15, -0.1) is 0 Å². The van der Waals surface area contributed by atoms with Crippen molar-refractivity contribution in [3.63, 3.8) is 0 Å². The molecule has 0 radical (unpaired) electrons. The number of hydrogen-bond donors (Lipinski definition) is 2. The third-order valence-corrected chi connectivity index (χ3v) is 3.57. The van der Waals surface area contributed by atoms with Gasteiger partial charge in [0.15, 0.2) is 0 Å². The predicted octanol–water partition coefficient (Wildman–Crippen LogP) is 1.47. The molecule has 1 saturated carbocycles. The Kier molecular flexibility index (Phi) is 3.66. The largest absolute Gasteiger partial charge is 0.490 e. The lowest BCUT2D eigenvalue weighted by atomic mass is 10.00. The lowest BCUT2D eigenvalue weighted by Gasteiger charge is -2.19. The summed E-state index contributed by atoms with van der Waals surface area (Å²) in [5.41, 5.74) is 5.75. The molecule has 19 heavy (non-hydrogen) atoms. The Morgan fingerprint density at radius 2 is 2.26 bits per heavy atom. The molecule has 3 N–H and O–H groups in total. The highest BCUT2D eigenvalue weighted by molar-refractivity contribution is 5.79. The fourth-order valence-electron chi connectivity index (χ4n) is 2.35. The van der Waals surface area contributed by atoms with Crippen LogP contribution in [0.2, 0.25) is 0 Å². The van der Waals surface area contributed by atoms with Crippen LogP contribution in [0, 0.1) is 0 Å². The summed E-state index contributed by atoms with van der Waals surface area (Å²) >= 11 is 0. The summed E-state index contributed by atoms with van der Waals surface area (Å²) in [6.45, 7) is 0. The molecule has 1 fully saturated rings. The zero-order valence-corrected chi connectivity index (χ0v) is 11.3. The topological polar surface area (TPSA) is 75.8 Å². The predicted molar refractivity (Wildman–Crippen MR) is 73.6 cm³/mol. The normalized spacial score (nSPS) is 26.2. The highest BCUT2D eigenvalue weighted by Gasteiger charge is 2.43. The Morgan fingerprint density at radius 3 is 2.84 bits per heavy atom. The Labute approximate surface area is 113 Å². The van der Waals surface area contributed by atoms with Gasteiger partial charge in [-0.3, -0.25) is 4.79 Å². The minimum Gasteiger partial charge on any atom is -0.490 e. The summed E-state index contributed by atoms with van der Waals surface area (Å²) in [5.74, 6) is -0.188.